The van der Waals surface area contributed by atoms with Crippen LogP contribution in [0.5, 0.6) is 0 Å². The summed E-state index contributed by atoms with van der Waals surface area (Å²) in [7, 11) is 0. The van der Waals surface area contributed by atoms with Gasteiger partial charge in [-0.3, -0.25) is 10.1 Å². The summed E-state index contributed by atoms with van der Waals surface area (Å²) in [6.07, 6.45) is 3.45. The van der Waals surface area contributed by atoms with Crippen molar-refractivity contribution < 1.29 is 10.0 Å². The lowest BCUT2D eigenvalue weighted by molar-refractivity contribution is -0.384. The van der Waals surface area contributed by atoms with Crippen LogP contribution in [0, 0.1) is 10.1 Å². The minimum atomic E-state index is -0.381. The van der Waals surface area contributed by atoms with Crippen LogP contribution in [0.4, 0.5) is 5.69 Å². The van der Waals surface area contributed by atoms with Crippen molar-refractivity contribution in [1.82, 2.24) is 0 Å². The number of rotatable bonds is 2. The summed E-state index contributed by atoms with van der Waals surface area (Å²) in [6.45, 7) is 0. The standard InChI is InChI=1S/C12H15NO3.ClH/c14-12-7-3-10(4-8-12)9-1-5-11(6-2-9)13(15)16;/h1-2,5-6,10,12,14H,3-4,7-8H2;1H. The van der Waals surface area contributed by atoms with Crippen molar-refractivity contribution >= 4 is 18.1 Å². The predicted molar refractivity (Wildman–Crippen MR) is 67.6 cm³/mol. The molecular formula is C12H16ClNO3. The molecule has 1 aromatic rings. The summed E-state index contributed by atoms with van der Waals surface area (Å²) in [5.74, 6) is 0.448. The first-order chi connectivity index (χ1) is 7.66. The summed E-state index contributed by atoms with van der Waals surface area (Å²) in [5, 5.41) is 19.9. The molecule has 4 nitrogen and oxygen atoms in total. The second kappa shape index (κ2) is 5.98. The number of nitro groups is 1. The normalized spacial score (nSPS) is 23.8. The van der Waals surface area contributed by atoms with Crippen LogP contribution in [-0.4, -0.2) is 16.1 Å². The SMILES string of the molecule is Cl.O=[N+]([O-])c1ccc(C2CCC(O)CC2)cc1. The Morgan fingerprint density at radius 3 is 2.12 bits per heavy atom. The molecule has 0 aromatic heterocycles. The highest BCUT2D eigenvalue weighted by atomic mass is 35.5. The van der Waals surface area contributed by atoms with E-state index in [1.807, 2.05) is 12.1 Å². The van der Waals surface area contributed by atoms with Gasteiger partial charge in [-0.15, -0.1) is 12.4 Å². The molecule has 0 saturated heterocycles. The summed E-state index contributed by atoms with van der Waals surface area (Å²) < 4.78 is 0. The van der Waals surface area contributed by atoms with Gasteiger partial charge in [-0.2, -0.15) is 0 Å². The Hall–Kier alpha value is -1.13. The molecule has 94 valence electrons. The molecule has 1 saturated carbocycles. The van der Waals surface area contributed by atoms with Crippen LogP contribution in [0.1, 0.15) is 37.2 Å². The molecule has 0 atom stereocenters. The lowest BCUT2D eigenvalue weighted by Gasteiger charge is -2.25. The molecule has 5 heteroatoms. The van der Waals surface area contributed by atoms with Gasteiger partial charge in [0.05, 0.1) is 11.0 Å². The Balaban J connectivity index is 0.00000144. The first kappa shape index (κ1) is 13.9. The highest BCUT2D eigenvalue weighted by molar-refractivity contribution is 5.85. The largest absolute Gasteiger partial charge is 0.393 e. The smallest absolute Gasteiger partial charge is 0.269 e. The van der Waals surface area contributed by atoms with Gasteiger partial charge >= 0.3 is 0 Å². The van der Waals surface area contributed by atoms with Gasteiger partial charge in [0, 0.05) is 12.1 Å². The van der Waals surface area contributed by atoms with Crippen molar-refractivity contribution in [3.05, 3.63) is 39.9 Å². The molecular weight excluding hydrogens is 242 g/mol. The fraction of sp³-hybridized carbons (Fsp3) is 0.500. The molecule has 1 aliphatic rings. The van der Waals surface area contributed by atoms with Gasteiger partial charge < -0.3 is 5.11 Å². The number of aliphatic hydroxyl groups excluding tert-OH is 1. The van der Waals surface area contributed by atoms with Gasteiger partial charge in [-0.1, -0.05) is 12.1 Å². The number of hydrogen-bond acceptors (Lipinski definition) is 3. The van der Waals surface area contributed by atoms with Crippen molar-refractivity contribution in [3.63, 3.8) is 0 Å². The van der Waals surface area contributed by atoms with Crippen molar-refractivity contribution in [2.45, 2.75) is 37.7 Å². The summed E-state index contributed by atoms with van der Waals surface area (Å²) in [5.41, 5.74) is 1.29. The van der Waals surface area contributed by atoms with Crippen LogP contribution in [0.2, 0.25) is 0 Å². The zero-order chi connectivity index (χ0) is 11.5. The van der Waals surface area contributed by atoms with Crippen molar-refractivity contribution in [3.8, 4) is 0 Å². The molecule has 0 unspecified atom stereocenters. The van der Waals surface area contributed by atoms with Crippen molar-refractivity contribution in [1.29, 1.82) is 0 Å². The molecule has 2 rings (SSSR count). The van der Waals surface area contributed by atoms with Crippen LogP contribution < -0.4 is 0 Å². The molecule has 1 N–H and O–H groups in total. The lowest BCUT2D eigenvalue weighted by atomic mass is 9.83. The third-order valence-electron chi connectivity index (χ3n) is 3.27. The molecule has 0 bridgehead atoms. The van der Waals surface area contributed by atoms with Crippen LogP contribution >= 0.6 is 12.4 Å². The Morgan fingerprint density at radius 1 is 1.12 bits per heavy atom. The van der Waals surface area contributed by atoms with Crippen LogP contribution in [0.15, 0.2) is 24.3 Å². The van der Waals surface area contributed by atoms with Gasteiger partial charge in [0.2, 0.25) is 0 Å². The van der Waals surface area contributed by atoms with E-state index >= 15 is 0 Å². The van der Waals surface area contributed by atoms with Crippen molar-refractivity contribution in [2.24, 2.45) is 0 Å². The van der Waals surface area contributed by atoms with E-state index in [1.54, 1.807) is 12.1 Å². The third-order valence-corrected chi connectivity index (χ3v) is 3.27. The highest BCUT2D eigenvalue weighted by Gasteiger charge is 2.21. The van der Waals surface area contributed by atoms with Crippen molar-refractivity contribution in [2.75, 3.05) is 0 Å². The van der Waals surface area contributed by atoms with E-state index in [9.17, 15) is 15.2 Å². The summed E-state index contributed by atoms with van der Waals surface area (Å²) in [6, 6.07) is 6.78. The topological polar surface area (TPSA) is 63.4 Å². The number of halogens is 1. The third kappa shape index (κ3) is 3.41. The van der Waals surface area contributed by atoms with Gasteiger partial charge in [-0.25, -0.2) is 0 Å². The maximum absolute atomic E-state index is 10.5. The quantitative estimate of drug-likeness (QED) is 0.654. The van der Waals surface area contributed by atoms with Crippen LogP contribution in [0.25, 0.3) is 0 Å². The number of nitrogens with zero attached hydrogens (tertiary/aromatic N) is 1. The zero-order valence-corrected chi connectivity index (χ0v) is 10.2. The highest BCUT2D eigenvalue weighted by Crippen LogP contribution is 2.33. The van der Waals surface area contributed by atoms with Crippen LogP contribution in [-0.2, 0) is 0 Å². The maximum atomic E-state index is 10.5. The molecule has 0 aliphatic heterocycles. The number of benzene rings is 1. The Labute approximate surface area is 106 Å². The molecule has 0 radical (unpaired) electrons. The Morgan fingerprint density at radius 2 is 1.65 bits per heavy atom. The van der Waals surface area contributed by atoms with E-state index in [0.717, 1.165) is 31.2 Å². The average molecular weight is 258 g/mol. The average Bonchev–Trinajstić information content (AvgIpc) is 2.30. The fourth-order valence-corrected chi connectivity index (χ4v) is 2.28. The molecule has 1 aromatic carbocycles. The number of nitro benzene ring substituents is 1. The zero-order valence-electron chi connectivity index (χ0n) is 9.41. The van der Waals surface area contributed by atoms with Gasteiger partial charge in [0.1, 0.15) is 0 Å². The van der Waals surface area contributed by atoms with Gasteiger partial charge in [0.25, 0.3) is 5.69 Å². The maximum Gasteiger partial charge on any atom is 0.269 e. The second-order valence-electron chi connectivity index (χ2n) is 4.35. The summed E-state index contributed by atoms with van der Waals surface area (Å²) >= 11 is 0. The molecule has 17 heavy (non-hydrogen) atoms. The first-order valence-corrected chi connectivity index (χ1v) is 5.59. The minimum absolute atomic E-state index is 0. The molecule has 1 aliphatic carbocycles. The molecule has 0 amide bonds. The lowest BCUT2D eigenvalue weighted by Crippen LogP contribution is -2.16. The first-order valence-electron chi connectivity index (χ1n) is 5.59. The number of non-ortho nitro benzene ring substituents is 1. The minimum Gasteiger partial charge on any atom is -0.393 e. The van der Waals surface area contributed by atoms with E-state index in [4.69, 9.17) is 0 Å². The Kier molecular flexibility index (Phi) is 4.90. The predicted octanol–water partition coefficient (Wildman–Crippen LogP) is 3.04. The summed E-state index contributed by atoms with van der Waals surface area (Å²) in [4.78, 5) is 10.1. The van der Waals surface area contributed by atoms with Crippen LogP contribution in [0.3, 0.4) is 0 Å². The molecule has 1 fully saturated rings. The van der Waals surface area contributed by atoms with E-state index in [0.29, 0.717) is 5.92 Å². The van der Waals surface area contributed by atoms with Gasteiger partial charge in [0.15, 0.2) is 0 Å². The molecule has 0 heterocycles. The number of aliphatic hydroxyl groups is 1. The number of hydrogen-bond donors (Lipinski definition) is 1. The van der Waals surface area contributed by atoms with E-state index in [-0.39, 0.29) is 29.1 Å². The van der Waals surface area contributed by atoms with E-state index in [1.165, 1.54) is 0 Å². The van der Waals surface area contributed by atoms with E-state index < -0.39 is 0 Å². The fourth-order valence-electron chi connectivity index (χ4n) is 2.28. The Bertz CT molecular complexity index is 372. The monoisotopic (exact) mass is 257 g/mol. The second-order valence-corrected chi connectivity index (χ2v) is 4.35. The van der Waals surface area contributed by atoms with Gasteiger partial charge in [-0.05, 0) is 37.2 Å². The van der Waals surface area contributed by atoms with E-state index in [2.05, 4.69) is 0 Å². The molecule has 0 spiro atoms.